The molecule has 1 aromatic rings. The summed E-state index contributed by atoms with van der Waals surface area (Å²) in [7, 11) is 0. The molecule has 92 valence electrons. The van der Waals surface area contributed by atoms with Gasteiger partial charge in [-0.15, -0.1) is 0 Å². The van der Waals surface area contributed by atoms with Crippen molar-refractivity contribution in [3.8, 4) is 0 Å². The predicted molar refractivity (Wildman–Crippen MR) is 63.0 cm³/mol. The third-order valence-corrected chi connectivity index (χ3v) is 2.72. The zero-order valence-corrected chi connectivity index (χ0v) is 9.35. The molecule has 1 aliphatic rings. The molecule has 0 saturated carbocycles. The average Bonchev–Trinajstić information content (AvgIpc) is 2.80. The summed E-state index contributed by atoms with van der Waals surface area (Å²) in [4.78, 5) is 15.0. The second-order valence-electron chi connectivity index (χ2n) is 4.08. The van der Waals surface area contributed by atoms with Crippen molar-refractivity contribution in [2.75, 3.05) is 30.8 Å². The van der Waals surface area contributed by atoms with Crippen LogP contribution < -0.4 is 11.1 Å². The molecule has 0 radical (unpaired) electrons. The van der Waals surface area contributed by atoms with Gasteiger partial charge in [0.1, 0.15) is 11.4 Å². The van der Waals surface area contributed by atoms with Crippen molar-refractivity contribution in [1.29, 1.82) is 0 Å². The predicted octanol–water partition coefficient (Wildman–Crippen LogP) is 0.810. The number of nitrogens with two attached hydrogens (primary N) is 1. The fourth-order valence-corrected chi connectivity index (χ4v) is 1.77. The topological polar surface area (TPSA) is 97.5 Å². The van der Waals surface area contributed by atoms with E-state index in [2.05, 4.69) is 10.3 Å². The number of hydrogen-bond acceptors (Lipinski definition) is 5. The van der Waals surface area contributed by atoms with Crippen molar-refractivity contribution in [2.24, 2.45) is 5.92 Å². The first kappa shape index (κ1) is 11.7. The number of carboxylic acid groups (broad SMARTS) is 1. The minimum Gasteiger partial charge on any atom is -0.478 e. The van der Waals surface area contributed by atoms with E-state index in [9.17, 15) is 4.79 Å². The van der Waals surface area contributed by atoms with E-state index in [1.54, 1.807) is 0 Å². The summed E-state index contributed by atoms with van der Waals surface area (Å²) in [5, 5.41) is 12.1. The van der Waals surface area contributed by atoms with E-state index < -0.39 is 5.97 Å². The molecule has 17 heavy (non-hydrogen) atoms. The number of nitrogen functional groups attached to an aromatic ring is 1. The average molecular weight is 237 g/mol. The molecule has 1 saturated heterocycles. The molecular weight excluding hydrogens is 222 g/mol. The highest BCUT2D eigenvalue weighted by Crippen LogP contribution is 2.18. The van der Waals surface area contributed by atoms with Crippen LogP contribution in [-0.4, -0.2) is 35.8 Å². The number of aromatic nitrogens is 1. The van der Waals surface area contributed by atoms with Crippen molar-refractivity contribution in [1.82, 2.24) is 4.98 Å². The van der Waals surface area contributed by atoms with Crippen molar-refractivity contribution in [2.45, 2.75) is 6.42 Å². The second-order valence-corrected chi connectivity index (χ2v) is 4.08. The number of carboxylic acids is 1. The van der Waals surface area contributed by atoms with Crippen LogP contribution in [0.2, 0.25) is 0 Å². The van der Waals surface area contributed by atoms with Gasteiger partial charge in [0.25, 0.3) is 0 Å². The summed E-state index contributed by atoms with van der Waals surface area (Å²) in [6.45, 7) is 2.15. The van der Waals surface area contributed by atoms with Gasteiger partial charge in [-0.3, -0.25) is 0 Å². The third kappa shape index (κ3) is 2.85. The first-order valence-corrected chi connectivity index (χ1v) is 5.47. The van der Waals surface area contributed by atoms with Crippen LogP contribution in [0.15, 0.2) is 12.3 Å². The molecule has 1 aliphatic heterocycles. The van der Waals surface area contributed by atoms with Crippen LogP contribution in [0.5, 0.6) is 0 Å². The van der Waals surface area contributed by atoms with Gasteiger partial charge in [-0.25, -0.2) is 9.78 Å². The Morgan fingerprint density at radius 1 is 1.71 bits per heavy atom. The summed E-state index contributed by atoms with van der Waals surface area (Å²) in [5.74, 6) is -0.260. The van der Waals surface area contributed by atoms with E-state index in [1.807, 2.05) is 0 Å². The second kappa shape index (κ2) is 5.01. The van der Waals surface area contributed by atoms with Gasteiger partial charge in [0.05, 0.1) is 18.5 Å². The van der Waals surface area contributed by atoms with Gasteiger partial charge < -0.3 is 20.9 Å². The number of ether oxygens (including phenoxy) is 1. The largest absolute Gasteiger partial charge is 0.478 e. The molecule has 0 aliphatic carbocycles. The Labute approximate surface area is 98.8 Å². The monoisotopic (exact) mass is 237 g/mol. The minimum atomic E-state index is -1.03. The van der Waals surface area contributed by atoms with Crippen LogP contribution >= 0.6 is 0 Å². The highest BCUT2D eigenvalue weighted by atomic mass is 16.5. The van der Waals surface area contributed by atoms with E-state index in [-0.39, 0.29) is 5.56 Å². The van der Waals surface area contributed by atoms with Gasteiger partial charge in [0.2, 0.25) is 0 Å². The van der Waals surface area contributed by atoms with Gasteiger partial charge in [-0.2, -0.15) is 0 Å². The standard InChI is InChI=1S/C11H15N3O3/c12-8-3-9(11(15)16)10(14-5-8)13-4-7-1-2-17-6-7/h3,5,7H,1-2,4,6,12H2,(H,13,14)(H,15,16). The number of aromatic carboxylic acids is 1. The van der Waals surface area contributed by atoms with Gasteiger partial charge in [-0.05, 0) is 12.5 Å². The summed E-state index contributed by atoms with van der Waals surface area (Å²) in [6, 6.07) is 1.41. The summed E-state index contributed by atoms with van der Waals surface area (Å²) < 4.78 is 5.25. The molecule has 1 unspecified atom stereocenters. The number of carbonyl (C=O) groups is 1. The Balaban J connectivity index is 2.06. The van der Waals surface area contributed by atoms with Crippen molar-refractivity contribution in [3.63, 3.8) is 0 Å². The van der Waals surface area contributed by atoms with Crippen molar-refractivity contribution >= 4 is 17.5 Å². The molecule has 6 nitrogen and oxygen atoms in total. The maximum absolute atomic E-state index is 11.0. The van der Waals surface area contributed by atoms with E-state index in [0.717, 1.165) is 13.0 Å². The van der Waals surface area contributed by atoms with Gasteiger partial charge >= 0.3 is 5.97 Å². The van der Waals surface area contributed by atoms with Gasteiger partial charge in [0.15, 0.2) is 0 Å². The van der Waals surface area contributed by atoms with Crippen molar-refractivity contribution in [3.05, 3.63) is 17.8 Å². The number of rotatable bonds is 4. The maximum atomic E-state index is 11.0. The minimum absolute atomic E-state index is 0.101. The highest BCUT2D eigenvalue weighted by molar-refractivity contribution is 5.94. The van der Waals surface area contributed by atoms with Crippen molar-refractivity contribution < 1.29 is 14.6 Å². The molecule has 6 heteroatoms. The molecule has 0 spiro atoms. The summed E-state index contributed by atoms with van der Waals surface area (Å²) in [6.07, 6.45) is 2.43. The lowest BCUT2D eigenvalue weighted by Crippen LogP contribution is -2.17. The van der Waals surface area contributed by atoms with E-state index in [1.165, 1.54) is 12.3 Å². The number of hydrogen-bond donors (Lipinski definition) is 3. The number of nitrogens with zero attached hydrogens (tertiary/aromatic N) is 1. The molecule has 0 bridgehead atoms. The van der Waals surface area contributed by atoms with Gasteiger partial charge in [-0.1, -0.05) is 0 Å². The maximum Gasteiger partial charge on any atom is 0.339 e. The smallest absolute Gasteiger partial charge is 0.339 e. The quantitative estimate of drug-likeness (QED) is 0.717. The molecule has 0 amide bonds. The van der Waals surface area contributed by atoms with Gasteiger partial charge in [0, 0.05) is 19.1 Å². The molecule has 1 atom stereocenters. The van der Waals surface area contributed by atoms with Crippen LogP contribution in [0, 0.1) is 5.92 Å². The van der Waals surface area contributed by atoms with Crippen LogP contribution in [0.3, 0.4) is 0 Å². The van der Waals surface area contributed by atoms with E-state index in [0.29, 0.717) is 30.6 Å². The third-order valence-electron chi connectivity index (χ3n) is 2.72. The van der Waals surface area contributed by atoms with E-state index in [4.69, 9.17) is 15.6 Å². The number of nitrogens with one attached hydrogen (secondary N) is 1. The Kier molecular flexibility index (Phi) is 3.43. The molecular formula is C11H15N3O3. The van der Waals surface area contributed by atoms with Crippen LogP contribution in [0.4, 0.5) is 11.5 Å². The van der Waals surface area contributed by atoms with Crippen LogP contribution in [0.25, 0.3) is 0 Å². The van der Waals surface area contributed by atoms with Crippen LogP contribution in [0.1, 0.15) is 16.8 Å². The lowest BCUT2D eigenvalue weighted by atomic mass is 10.1. The van der Waals surface area contributed by atoms with Crippen LogP contribution in [-0.2, 0) is 4.74 Å². The first-order chi connectivity index (χ1) is 8.16. The fourth-order valence-electron chi connectivity index (χ4n) is 1.77. The number of anilines is 2. The fraction of sp³-hybridized carbons (Fsp3) is 0.455. The lowest BCUT2D eigenvalue weighted by molar-refractivity contribution is 0.0697. The molecule has 4 N–H and O–H groups in total. The Bertz CT molecular complexity index is 416. The van der Waals surface area contributed by atoms with E-state index >= 15 is 0 Å². The SMILES string of the molecule is Nc1cnc(NCC2CCOC2)c(C(=O)O)c1. The molecule has 1 fully saturated rings. The summed E-state index contributed by atoms with van der Waals surface area (Å²) in [5.41, 5.74) is 5.96. The summed E-state index contributed by atoms with van der Waals surface area (Å²) >= 11 is 0. The number of pyridine rings is 1. The molecule has 1 aromatic heterocycles. The Morgan fingerprint density at radius 3 is 3.18 bits per heavy atom. The lowest BCUT2D eigenvalue weighted by Gasteiger charge is -2.12. The molecule has 2 heterocycles. The molecule has 2 rings (SSSR count). The zero-order valence-electron chi connectivity index (χ0n) is 9.35. The molecule has 0 aromatic carbocycles. The Hall–Kier alpha value is -1.82. The highest BCUT2D eigenvalue weighted by Gasteiger charge is 2.17. The zero-order chi connectivity index (χ0) is 12.3. The first-order valence-electron chi connectivity index (χ1n) is 5.47. The normalized spacial score (nSPS) is 19.2. The Morgan fingerprint density at radius 2 is 2.53 bits per heavy atom.